The summed E-state index contributed by atoms with van der Waals surface area (Å²) in [6, 6.07) is 11.8. The van der Waals surface area contributed by atoms with Crippen LogP contribution in [0.15, 0.2) is 48.5 Å². The van der Waals surface area contributed by atoms with Gasteiger partial charge in [0.05, 0.1) is 33.9 Å². The van der Waals surface area contributed by atoms with E-state index in [4.69, 9.17) is 4.74 Å². The molecule has 1 atom stereocenters. The summed E-state index contributed by atoms with van der Waals surface area (Å²) in [5.41, 5.74) is 0.851. The Morgan fingerprint density at radius 2 is 1.72 bits per heavy atom. The lowest BCUT2D eigenvalue weighted by Crippen LogP contribution is -2.40. The zero-order valence-electron chi connectivity index (χ0n) is 17.2. The quantitative estimate of drug-likeness (QED) is 0.491. The van der Waals surface area contributed by atoms with Gasteiger partial charge < -0.3 is 9.64 Å². The van der Waals surface area contributed by atoms with Gasteiger partial charge in [-0.05, 0) is 36.8 Å². The van der Waals surface area contributed by atoms with Crippen LogP contribution in [-0.2, 0) is 19.4 Å². The molecule has 0 aromatic heterocycles. The van der Waals surface area contributed by atoms with Crippen molar-refractivity contribution >= 4 is 39.2 Å². The molecule has 10 heteroatoms. The van der Waals surface area contributed by atoms with E-state index >= 15 is 0 Å². The molecule has 2 aromatic rings. The number of sulfone groups is 1. The number of imide groups is 1. The Morgan fingerprint density at radius 3 is 2.31 bits per heavy atom. The number of hydrogen-bond acceptors (Lipinski definition) is 7. The molecule has 9 nitrogen and oxygen atoms in total. The highest BCUT2D eigenvalue weighted by Gasteiger charge is 2.36. The van der Waals surface area contributed by atoms with Crippen LogP contribution in [0.4, 0.5) is 5.69 Å². The van der Waals surface area contributed by atoms with E-state index in [1.165, 1.54) is 36.2 Å². The van der Waals surface area contributed by atoms with Gasteiger partial charge in [-0.1, -0.05) is 18.2 Å². The molecule has 1 saturated heterocycles. The predicted molar refractivity (Wildman–Crippen MR) is 114 cm³/mol. The van der Waals surface area contributed by atoms with Gasteiger partial charge in [-0.2, -0.15) is 0 Å². The van der Waals surface area contributed by atoms with Crippen molar-refractivity contribution in [3.8, 4) is 0 Å². The Labute approximate surface area is 184 Å². The summed E-state index contributed by atoms with van der Waals surface area (Å²) in [4.78, 5) is 52.4. The fraction of sp³-hybridized carbons (Fsp3) is 0.273. The van der Waals surface area contributed by atoms with Crippen LogP contribution in [0.5, 0.6) is 0 Å². The molecular weight excluding hydrogens is 436 g/mol. The average molecular weight is 456 g/mol. The Balaban J connectivity index is 1.43. The number of rotatable bonds is 5. The zero-order valence-corrected chi connectivity index (χ0v) is 18.0. The van der Waals surface area contributed by atoms with E-state index in [0.717, 1.165) is 4.90 Å². The van der Waals surface area contributed by atoms with Crippen LogP contribution in [0.3, 0.4) is 0 Å². The first kappa shape index (κ1) is 21.7. The van der Waals surface area contributed by atoms with Gasteiger partial charge in [0.25, 0.3) is 17.7 Å². The molecule has 0 unspecified atom stereocenters. The number of ether oxygens (including phenoxy) is 1. The normalized spacial score (nSPS) is 19.0. The van der Waals surface area contributed by atoms with Gasteiger partial charge in [-0.15, -0.1) is 0 Å². The number of fused-ring (bicyclic) bond motifs is 1. The van der Waals surface area contributed by atoms with Crippen LogP contribution < -0.4 is 4.90 Å². The van der Waals surface area contributed by atoms with Crippen LogP contribution >= 0.6 is 0 Å². The third-order valence-corrected chi connectivity index (χ3v) is 7.36. The second-order valence-corrected chi connectivity index (χ2v) is 9.91. The van der Waals surface area contributed by atoms with Crippen molar-refractivity contribution in [3.63, 3.8) is 0 Å². The molecule has 4 rings (SSSR count). The molecule has 0 radical (unpaired) electrons. The van der Waals surface area contributed by atoms with Gasteiger partial charge in [0.1, 0.15) is 0 Å². The number of likely N-dealkylation sites (N-methyl/N-ethyl adjacent to an activating group) is 1. The van der Waals surface area contributed by atoms with Crippen molar-refractivity contribution in [2.75, 3.05) is 30.1 Å². The second-order valence-electron chi connectivity index (χ2n) is 7.68. The molecule has 32 heavy (non-hydrogen) atoms. The van der Waals surface area contributed by atoms with E-state index in [1.54, 1.807) is 24.3 Å². The summed E-state index contributed by atoms with van der Waals surface area (Å²) in [5, 5.41) is 0. The molecule has 2 heterocycles. The fourth-order valence-electron chi connectivity index (χ4n) is 3.79. The topological polar surface area (TPSA) is 118 Å². The maximum atomic E-state index is 12.6. The van der Waals surface area contributed by atoms with E-state index in [0.29, 0.717) is 6.42 Å². The highest BCUT2D eigenvalue weighted by atomic mass is 32.2. The Bertz CT molecular complexity index is 1200. The summed E-state index contributed by atoms with van der Waals surface area (Å²) < 4.78 is 28.3. The zero-order chi connectivity index (χ0) is 23.0. The number of carbonyl (C=O) groups excluding carboxylic acids is 4. The highest BCUT2D eigenvalue weighted by Crippen LogP contribution is 2.28. The number of anilines is 1. The van der Waals surface area contributed by atoms with Crippen LogP contribution in [0.1, 0.15) is 37.5 Å². The molecule has 2 aliphatic rings. The number of carbonyl (C=O) groups is 4. The number of hydrogen-bond donors (Lipinski definition) is 0. The van der Waals surface area contributed by atoms with Crippen LogP contribution in [0, 0.1) is 0 Å². The van der Waals surface area contributed by atoms with Crippen LogP contribution in [0.25, 0.3) is 0 Å². The molecule has 0 saturated carbocycles. The van der Waals surface area contributed by atoms with E-state index in [-0.39, 0.29) is 33.9 Å². The maximum Gasteiger partial charge on any atom is 0.338 e. The van der Waals surface area contributed by atoms with Gasteiger partial charge in [0.15, 0.2) is 16.4 Å². The number of benzene rings is 2. The minimum Gasteiger partial charge on any atom is -0.452 e. The third kappa shape index (κ3) is 4.01. The second kappa shape index (κ2) is 8.19. The molecule has 166 valence electrons. The first-order chi connectivity index (χ1) is 15.2. The van der Waals surface area contributed by atoms with Gasteiger partial charge >= 0.3 is 5.97 Å². The van der Waals surface area contributed by atoms with Gasteiger partial charge in [-0.3, -0.25) is 14.4 Å². The minimum absolute atomic E-state index is 0.0275. The van der Waals surface area contributed by atoms with Gasteiger partial charge in [-0.25, -0.2) is 18.1 Å². The minimum atomic E-state index is -3.15. The molecule has 1 fully saturated rings. The van der Waals surface area contributed by atoms with Crippen molar-refractivity contribution in [1.82, 2.24) is 4.90 Å². The van der Waals surface area contributed by atoms with Crippen molar-refractivity contribution in [1.29, 1.82) is 0 Å². The molecule has 2 aromatic carbocycles. The predicted octanol–water partition coefficient (Wildman–Crippen LogP) is 1.29. The van der Waals surface area contributed by atoms with Crippen molar-refractivity contribution in [3.05, 3.63) is 65.2 Å². The average Bonchev–Trinajstić information content (AvgIpc) is 3.27. The Morgan fingerprint density at radius 1 is 1.06 bits per heavy atom. The molecule has 0 N–H and O–H groups in total. The van der Waals surface area contributed by atoms with Gasteiger partial charge in [0, 0.05) is 13.1 Å². The molecule has 2 aliphatic heterocycles. The van der Waals surface area contributed by atoms with E-state index in [2.05, 4.69) is 0 Å². The smallest absolute Gasteiger partial charge is 0.338 e. The summed E-state index contributed by atoms with van der Waals surface area (Å²) in [6.07, 6.45) is 0.348. The fourth-order valence-corrected chi connectivity index (χ4v) is 5.57. The summed E-state index contributed by atoms with van der Waals surface area (Å²) >= 11 is 0. The molecule has 3 amide bonds. The summed E-state index contributed by atoms with van der Waals surface area (Å²) in [7, 11) is -1.67. The SMILES string of the molecule is CN(C(=O)COC(=O)c1cccc(N2C(=O)c3ccccc3C2=O)c1)[C@@H]1CCS(=O)(=O)C1. The standard InChI is InChI=1S/C22H20N2O7S/c1-23(16-9-10-32(29,30)13-16)19(25)12-31-22(28)14-5-4-6-15(11-14)24-20(26)17-7-2-3-8-18(17)21(24)27/h2-8,11,16H,9-10,12-13H2,1H3/t16-/m1/s1. The lowest BCUT2D eigenvalue weighted by molar-refractivity contribution is -0.134. The molecular formula is C22H20N2O7S. The van der Waals surface area contributed by atoms with Crippen LogP contribution in [-0.4, -0.2) is 68.2 Å². The third-order valence-electron chi connectivity index (χ3n) is 5.61. The molecule has 0 spiro atoms. The summed E-state index contributed by atoms with van der Waals surface area (Å²) in [5.74, 6) is -2.37. The lowest BCUT2D eigenvalue weighted by Gasteiger charge is -2.23. The first-order valence-corrected chi connectivity index (χ1v) is 11.7. The molecule has 0 bridgehead atoms. The monoisotopic (exact) mass is 456 g/mol. The summed E-state index contributed by atoms with van der Waals surface area (Å²) in [6.45, 7) is -0.552. The van der Waals surface area contributed by atoms with Crippen molar-refractivity contribution in [2.45, 2.75) is 12.5 Å². The lowest BCUT2D eigenvalue weighted by atomic mass is 10.1. The van der Waals surface area contributed by atoms with E-state index in [1.807, 2.05) is 0 Å². The van der Waals surface area contributed by atoms with E-state index < -0.39 is 46.2 Å². The number of nitrogens with zero attached hydrogens (tertiary/aromatic N) is 2. The number of amides is 3. The Hall–Kier alpha value is -3.53. The first-order valence-electron chi connectivity index (χ1n) is 9.89. The van der Waals surface area contributed by atoms with Crippen molar-refractivity contribution in [2.24, 2.45) is 0 Å². The number of esters is 1. The van der Waals surface area contributed by atoms with Crippen LogP contribution in [0.2, 0.25) is 0 Å². The highest BCUT2D eigenvalue weighted by molar-refractivity contribution is 7.91. The molecule has 0 aliphatic carbocycles. The largest absolute Gasteiger partial charge is 0.452 e. The van der Waals surface area contributed by atoms with Gasteiger partial charge in [0.2, 0.25) is 0 Å². The maximum absolute atomic E-state index is 12.6. The van der Waals surface area contributed by atoms with Crippen molar-refractivity contribution < 1.29 is 32.3 Å². The van der Waals surface area contributed by atoms with E-state index in [9.17, 15) is 27.6 Å². The Kier molecular flexibility index (Phi) is 5.55.